The molecule has 1 aromatic carbocycles. The first-order valence-corrected chi connectivity index (χ1v) is 5.99. The third-order valence-electron chi connectivity index (χ3n) is 3.22. The van der Waals surface area contributed by atoms with Gasteiger partial charge in [0.05, 0.1) is 5.56 Å². The Morgan fingerprint density at radius 1 is 1.28 bits per heavy atom. The van der Waals surface area contributed by atoms with Crippen molar-refractivity contribution in [3.8, 4) is 0 Å². The molecule has 0 aliphatic rings. The number of rotatable bonds is 4. The molecule has 2 aromatic rings. The molecular formula is C14H17NO3. The molecule has 0 aliphatic carbocycles. The molecule has 0 aliphatic heterocycles. The average Bonchev–Trinajstić information content (AvgIpc) is 2.60. The van der Waals surface area contributed by atoms with Gasteiger partial charge >= 0.3 is 5.97 Å². The number of nitrogens with zero attached hydrogens (tertiary/aromatic N) is 1. The van der Waals surface area contributed by atoms with Gasteiger partial charge in [0.25, 0.3) is 0 Å². The van der Waals surface area contributed by atoms with E-state index in [1.807, 2.05) is 26.0 Å². The molecule has 2 rings (SSSR count). The van der Waals surface area contributed by atoms with Gasteiger partial charge in [-0.2, -0.15) is 0 Å². The fourth-order valence-corrected chi connectivity index (χ4v) is 2.32. The van der Waals surface area contributed by atoms with Crippen molar-refractivity contribution in [1.29, 1.82) is 0 Å². The summed E-state index contributed by atoms with van der Waals surface area (Å²) in [4.78, 5) is 11.1. The number of fused-ring (bicyclic) bond motifs is 1. The molecule has 0 radical (unpaired) electrons. The maximum atomic E-state index is 11.1. The number of carboxylic acids is 1. The molecule has 1 aromatic heterocycles. The van der Waals surface area contributed by atoms with Gasteiger partial charge < -0.3 is 14.8 Å². The van der Waals surface area contributed by atoms with Gasteiger partial charge in [-0.15, -0.1) is 0 Å². The molecule has 4 nitrogen and oxygen atoms in total. The number of aromatic nitrogens is 1. The average molecular weight is 247 g/mol. The second-order valence-corrected chi connectivity index (χ2v) is 4.55. The first-order valence-electron chi connectivity index (χ1n) is 5.99. The van der Waals surface area contributed by atoms with Crippen molar-refractivity contribution in [1.82, 2.24) is 4.57 Å². The number of aryl methyl sites for hydroxylation is 3. The van der Waals surface area contributed by atoms with Crippen LogP contribution in [-0.2, 0) is 6.54 Å². The lowest BCUT2D eigenvalue weighted by atomic mass is 10.1. The highest BCUT2D eigenvalue weighted by Gasteiger charge is 2.12. The highest BCUT2D eigenvalue weighted by molar-refractivity contribution is 5.95. The van der Waals surface area contributed by atoms with Crippen molar-refractivity contribution < 1.29 is 15.0 Å². The molecule has 0 saturated carbocycles. The van der Waals surface area contributed by atoms with Crippen LogP contribution in [0, 0.1) is 13.8 Å². The second kappa shape index (κ2) is 4.82. The zero-order valence-corrected chi connectivity index (χ0v) is 10.6. The smallest absolute Gasteiger partial charge is 0.336 e. The van der Waals surface area contributed by atoms with Crippen molar-refractivity contribution in [3.05, 3.63) is 35.0 Å². The second-order valence-electron chi connectivity index (χ2n) is 4.55. The quantitative estimate of drug-likeness (QED) is 0.871. The highest BCUT2D eigenvalue weighted by Crippen LogP contribution is 2.24. The van der Waals surface area contributed by atoms with Crippen LogP contribution in [0.3, 0.4) is 0 Å². The van der Waals surface area contributed by atoms with Crippen LogP contribution in [0.2, 0.25) is 0 Å². The van der Waals surface area contributed by atoms with Crippen LogP contribution in [-0.4, -0.2) is 27.4 Å². The number of carbonyl (C=O) groups is 1. The minimum Gasteiger partial charge on any atom is -0.478 e. The van der Waals surface area contributed by atoms with Crippen molar-refractivity contribution in [2.75, 3.05) is 6.61 Å². The number of aromatic carboxylic acids is 1. The highest BCUT2D eigenvalue weighted by atomic mass is 16.4. The standard InChI is InChI=1S/C14H17NO3/c1-9-6-11-7-10(2)15(4-3-5-16)13(11)8-12(9)14(17)18/h6-8,16H,3-5H2,1-2H3,(H,17,18). The van der Waals surface area contributed by atoms with E-state index in [1.54, 1.807) is 6.07 Å². The molecule has 0 unspecified atom stereocenters. The monoisotopic (exact) mass is 247 g/mol. The Labute approximate surface area is 105 Å². The Morgan fingerprint density at radius 3 is 2.61 bits per heavy atom. The topological polar surface area (TPSA) is 62.5 Å². The van der Waals surface area contributed by atoms with E-state index in [2.05, 4.69) is 4.57 Å². The van der Waals surface area contributed by atoms with Crippen molar-refractivity contribution >= 4 is 16.9 Å². The number of hydrogen-bond acceptors (Lipinski definition) is 2. The summed E-state index contributed by atoms with van der Waals surface area (Å²) in [5.41, 5.74) is 3.12. The number of hydrogen-bond donors (Lipinski definition) is 2. The molecule has 18 heavy (non-hydrogen) atoms. The summed E-state index contributed by atoms with van der Waals surface area (Å²) in [6.45, 7) is 4.64. The molecule has 0 amide bonds. The molecule has 4 heteroatoms. The van der Waals surface area contributed by atoms with Gasteiger partial charge in [-0.05, 0) is 44.0 Å². The van der Waals surface area contributed by atoms with E-state index >= 15 is 0 Å². The molecule has 96 valence electrons. The maximum Gasteiger partial charge on any atom is 0.336 e. The lowest BCUT2D eigenvalue weighted by molar-refractivity contribution is 0.0696. The van der Waals surface area contributed by atoms with Gasteiger partial charge in [0.2, 0.25) is 0 Å². The summed E-state index contributed by atoms with van der Waals surface area (Å²) in [7, 11) is 0. The number of aliphatic hydroxyl groups excluding tert-OH is 1. The minimum absolute atomic E-state index is 0.136. The lowest BCUT2D eigenvalue weighted by Crippen LogP contribution is -2.04. The zero-order valence-electron chi connectivity index (χ0n) is 10.6. The maximum absolute atomic E-state index is 11.1. The molecule has 0 bridgehead atoms. The van der Waals surface area contributed by atoms with E-state index in [-0.39, 0.29) is 6.61 Å². The predicted octanol–water partition coefficient (Wildman–Crippen LogP) is 2.34. The Hall–Kier alpha value is -1.81. The van der Waals surface area contributed by atoms with Crippen LogP contribution in [0.15, 0.2) is 18.2 Å². The molecule has 0 fully saturated rings. The Bertz CT molecular complexity index is 599. The SMILES string of the molecule is Cc1cc2cc(C)n(CCCO)c2cc1C(=O)O. The van der Waals surface area contributed by atoms with Crippen molar-refractivity contribution in [3.63, 3.8) is 0 Å². The normalized spacial score (nSPS) is 11.1. The minimum atomic E-state index is -0.901. The van der Waals surface area contributed by atoms with Gasteiger partial charge in [0.15, 0.2) is 0 Å². The van der Waals surface area contributed by atoms with Gasteiger partial charge in [-0.1, -0.05) is 0 Å². The summed E-state index contributed by atoms with van der Waals surface area (Å²) < 4.78 is 2.05. The predicted molar refractivity (Wildman–Crippen MR) is 70.1 cm³/mol. The van der Waals surface area contributed by atoms with Gasteiger partial charge in [0.1, 0.15) is 0 Å². The Kier molecular flexibility index (Phi) is 3.39. The first kappa shape index (κ1) is 12.6. The fourth-order valence-electron chi connectivity index (χ4n) is 2.32. The number of carboxylic acid groups (broad SMARTS) is 1. The molecule has 0 spiro atoms. The zero-order chi connectivity index (χ0) is 13.3. The largest absolute Gasteiger partial charge is 0.478 e. The molecule has 2 N–H and O–H groups in total. The molecule has 0 saturated heterocycles. The van der Waals surface area contributed by atoms with Crippen LogP contribution >= 0.6 is 0 Å². The lowest BCUT2D eigenvalue weighted by Gasteiger charge is -2.08. The van der Waals surface area contributed by atoms with E-state index in [0.29, 0.717) is 18.5 Å². The van der Waals surface area contributed by atoms with E-state index in [1.165, 1.54) is 0 Å². The van der Waals surface area contributed by atoms with E-state index in [9.17, 15) is 4.79 Å². The van der Waals surface area contributed by atoms with Crippen LogP contribution < -0.4 is 0 Å². The van der Waals surface area contributed by atoms with Crippen LogP contribution in [0.1, 0.15) is 28.0 Å². The van der Waals surface area contributed by atoms with Crippen LogP contribution in [0.5, 0.6) is 0 Å². The third-order valence-corrected chi connectivity index (χ3v) is 3.22. The summed E-state index contributed by atoms with van der Waals surface area (Å²) in [5.74, 6) is -0.901. The molecule has 0 atom stereocenters. The Morgan fingerprint density at radius 2 is 2.00 bits per heavy atom. The first-order chi connectivity index (χ1) is 8.54. The molecule has 1 heterocycles. The molecular weight excluding hydrogens is 230 g/mol. The summed E-state index contributed by atoms with van der Waals surface area (Å²) in [6, 6.07) is 5.67. The van der Waals surface area contributed by atoms with E-state index in [4.69, 9.17) is 10.2 Å². The van der Waals surface area contributed by atoms with Gasteiger partial charge in [0, 0.05) is 29.7 Å². The fraction of sp³-hybridized carbons (Fsp3) is 0.357. The van der Waals surface area contributed by atoms with E-state index < -0.39 is 5.97 Å². The van der Waals surface area contributed by atoms with Gasteiger partial charge in [-0.3, -0.25) is 0 Å². The third kappa shape index (κ3) is 2.11. The van der Waals surface area contributed by atoms with E-state index in [0.717, 1.165) is 22.2 Å². The number of aliphatic hydroxyl groups is 1. The summed E-state index contributed by atoms with van der Waals surface area (Å²) >= 11 is 0. The van der Waals surface area contributed by atoms with Crippen molar-refractivity contribution in [2.45, 2.75) is 26.8 Å². The van der Waals surface area contributed by atoms with Crippen molar-refractivity contribution in [2.24, 2.45) is 0 Å². The van der Waals surface area contributed by atoms with Crippen LogP contribution in [0.25, 0.3) is 10.9 Å². The van der Waals surface area contributed by atoms with Crippen LogP contribution in [0.4, 0.5) is 0 Å². The number of benzene rings is 1. The van der Waals surface area contributed by atoms with Gasteiger partial charge in [-0.25, -0.2) is 4.79 Å². The summed E-state index contributed by atoms with van der Waals surface area (Å²) in [5, 5.41) is 19.1. The summed E-state index contributed by atoms with van der Waals surface area (Å²) in [6.07, 6.45) is 0.668. The Balaban J connectivity index is 2.60.